The minimum Gasteiger partial charge on any atom is -0.423 e. The molecule has 0 saturated carbocycles. The number of amides is 2. The van der Waals surface area contributed by atoms with Crippen LogP contribution in [0.15, 0.2) is 71.8 Å². The fourth-order valence-corrected chi connectivity index (χ4v) is 3.30. The van der Waals surface area contributed by atoms with Crippen molar-refractivity contribution in [2.45, 2.75) is 0 Å². The van der Waals surface area contributed by atoms with Crippen LogP contribution in [-0.2, 0) is 4.79 Å². The Balaban J connectivity index is 1.52. The molecule has 33 heavy (non-hydrogen) atoms. The number of hydrogen-bond acceptors (Lipinski definition) is 5. The van der Waals surface area contributed by atoms with Crippen molar-refractivity contribution in [1.29, 1.82) is 0 Å². The van der Waals surface area contributed by atoms with Crippen molar-refractivity contribution in [3.63, 3.8) is 0 Å². The molecular formula is C23H16Cl3N3O4. The number of esters is 1. The molecule has 0 atom stereocenters. The zero-order valence-corrected chi connectivity index (χ0v) is 19.1. The topological polar surface area (TPSA) is 96.9 Å². The van der Waals surface area contributed by atoms with Gasteiger partial charge in [0.25, 0.3) is 11.8 Å². The fraction of sp³-hybridized carbons (Fsp3) is 0.0435. The number of carbonyl (C=O) groups excluding carboxylic acids is 3. The first-order valence-electron chi connectivity index (χ1n) is 9.45. The van der Waals surface area contributed by atoms with Gasteiger partial charge in [0.15, 0.2) is 0 Å². The Bertz CT molecular complexity index is 1230. The standard InChI is InChI=1S/C23H16Cl3N3O4/c24-15-8-9-18(20(26)11-15)23(32)33-16-5-3-4-14(10-16)12-28-29-21(30)13-27-22(31)17-6-1-2-7-19(17)25/h1-12H,13H2,(H,27,31)(H,29,30)/b28-12+. The van der Waals surface area contributed by atoms with E-state index >= 15 is 0 Å². The van der Waals surface area contributed by atoms with Gasteiger partial charge in [0.1, 0.15) is 5.75 Å². The zero-order valence-electron chi connectivity index (χ0n) is 16.8. The lowest BCUT2D eigenvalue weighted by Crippen LogP contribution is -2.35. The number of ether oxygens (including phenoxy) is 1. The lowest BCUT2D eigenvalue weighted by Gasteiger charge is -2.07. The number of nitrogens with one attached hydrogen (secondary N) is 2. The third-order valence-corrected chi connectivity index (χ3v) is 5.03. The Labute approximate surface area is 204 Å². The van der Waals surface area contributed by atoms with E-state index in [1.54, 1.807) is 48.5 Å². The average molecular weight is 505 g/mol. The Hall–Kier alpha value is -3.39. The maximum atomic E-state index is 12.3. The fourth-order valence-electron chi connectivity index (χ4n) is 2.59. The summed E-state index contributed by atoms with van der Waals surface area (Å²) in [6.07, 6.45) is 1.36. The molecule has 0 spiro atoms. The van der Waals surface area contributed by atoms with Crippen LogP contribution >= 0.6 is 34.8 Å². The van der Waals surface area contributed by atoms with Gasteiger partial charge in [0.05, 0.1) is 33.9 Å². The third kappa shape index (κ3) is 7.05. The third-order valence-electron chi connectivity index (χ3n) is 4.15. The second-order valence-corrected chi connectivity index (χ2v) is 7.79. The van der Waals surface area contributed by atoms with E-state index in [4.69, 9.17) is 39.5 Å². The quantitative estimate of drug-likeness (QED) is 0.210. The molecule has 0 heterocycles. The molecule has 168 valence electrons. The Kier molecular flexibility index (Phi) is 8.43. The number of hydrazone groups is 1. The van der Waals surface area contributed by atoms with Crippen LogP contribution in [0, 0.1) is 0 Å². The van der Waals surface area contributed by atoms with Crippen LogP contribution in [0.3, 0.4) is 0 Å². The van der Waals surface area contributed by atoms with Crippen molar-refractivity contribution in [2.24, 2.45) is 5.10 Å². The first kappa shape index (κ1) is 24.3. The largest absolute Gasteiger partial charge is 0.423 e. The highest BCUT2D eigenvalue weighted by Crippen LogP contribution is 2.23. The number of rotatable bonds is 7. The van der Waals surface area contributed by atoms with Gasteiger partial charge in [-0.1, -0.05) is 59.1 Å². The Morgan fingerprint density at radius 2 is 1.67 bits per heavy atom. The number of halogens is 3. The summed E-state index contributed by atoms with van der Waals surface area (Å²) in [6.45, 7) is -0.291. The predicted octanol–water partition coefficient (Wildman–Crippen LogP) is 4.75. The second kappa shape index (κ2) is 11.5. The molecule has 10 heteroatoms. The lowest BCUT2D eigenvalue weighted by molar-refractivity contribution is -0.120. The molecule has 7 nitrogen and oxygen atoms in total. The maximum absolute atomic E-state index is 12.3. The first-order valence-corrected chi connectivity index (χ1v) is 10.6. The van der Waals surface area contributed by atoms with E-state index in [1.807, 2.05) is 0 Å². The molecule has 0 aromatic heterocycles. The summed E-state index contributed by atoms with van der Waals surface area (Å²) < 4.78 is 5.33. The summed E-state index contributed by atoms with van der Waals surface area (Å²) in [6, 6.07) is 17.4. The smallest absolute Gasteiger partial charge is 0.345 e. The van der Waals surface area contributed by atoms with Gasteiger partial charge in [-0.15, -0.1) is 0 Å². The highest BCUT2D eigenvalue weighted by Gasteiger charge is 2.14. The highest BCUT2D eigenvalue weighted by molar-refractivity contribution is 6.36. The molecule has 3 aromatic carbocycles. The molecule has 0 saturated heterocycles. The van der Waals surface area contributed by atoms with Crippen LogP contribution in [0.4, 0.5) is 0 Å². The van der Waals surface area contributed by atoms with E-state index in [1.165, 1.54) is 24.4 Å². The van der Waals surface area contributed by atoms with Crippen molar-refractivity contribution >= 4 is 58.8 Å². The first-order chi connectivity index (χ1) is 15.8. The highest BCUT2D eigenvalue weighted by atomic mass is 35.5. The molecule has 2 N–H and O–H groups in total. The molecule has 0 aliphatic rings. The van der Waals surface area contributed by atoms with Gasteiger partial charge >= 0.3 is 5.97 Å². The van der Waals surface area contributed by atoms with E-state index in [9.17, 15) is 14.4 Å². The predicted molar refractivity (Wildman–Crippen MR) is 127 cm³/mol. The summed E-state index contributed by atoms with van der Waals surface area (Å²) in [7, 11) is 0. The summed E-state index contributed by atoms with van der Waals surface area (Å²) >= 11 is 17.8. The van der Waals surface area contributed by atoms with E-state index in [2.05, 4.69) is 15.8 Å². The van der Waals surface area contributed by atoms with Crippen LogP contribution in [0.1, 0.15) is 26.3 Å². The minimum absolute atomic E-state index is 0.172. The number of benzene rings is 3. The van der Waals surface area contributed by atoms with E-state index in [0.717, 1.165) is 0 Å². The van der Waals surface area contributed by atoms with Crippen molar-refractivity contribution in [1.82, 2.24) is 10.7 Å². The van der Waals surface area contributed by atoms with Gasteiger partial charge in [-0.25, -0.2) is 10.2 Å². The van der Waals surface area contributed by atoms with Crippen LogP contribution in [-0.4, -0.2) is 30.5 Å². The molecule has 2 amide bonds. The van der Waals surface area contributed by atoms with E-state index < -0.39 is 17.8 Å². The van der Waals surface area contributed by atoms with Crippen molar-refractivity contribution in [3.05, 3.63) is 98.5 Å². The molecule has 0 bridgehead atoms. The van der Waals surface area contributed by atoms with Crippen molar-refractivity contribution in [2.75, 3.05) is 6.54 Å². The van der Waals surface area contributed by atoms with Crippen LogP contribution < -0.4 is 15.5 Å². The van der Waals surface area contributed by atoms with Crippen LogP contribution in [0.25, 0.3) is 0 Å². The Morgan fingerprint density at radius 1 is 0.879 bits per heavy atom. The normalized spacial score (nSPS) is 10.6. The van der Waals surface area contributed by atoms with Gasteiger partial charge in [-0.05, 0) is 48.0 Å². The van der Waals surface area contributed by atoms with Gasteiger partial charge in [0.2, 0.25) is 0 Å². The summed E-state index contributed by atoms with van der Waals surface area (Å²) in [5.74, 6) is -1.40. The second-order valence-electron chi connectivity index (χ2n) is 6.54. The summed E-state index contributed by atoms with van der Waals surface area (Å²) in [4.78, 5) is 36.3. The monoisotopic (exact) mass is 503 g/mol. The van der Waals surface area contributed by atoms with E-state index in [0.29, 0.717) is 10.6 Å². The van der Waals surface area contributed by atoms with Gasteiger partial charge < -0.3 is 10.1 Å². The molecule has 3 rings (SSSR count). The van der Waals surface area contributed by atoms with Gasteiger partial charge in [-0.3, -0.25) is 9.59 Å². The van der Waals surface area contributed by atoms with E-state index in [-0.39, 0.29) is 33.5 Å². The number of carbonyl (C=O) groups is 3. The molecule has 3 aromatic rings. The number of nitrogens with zero attached hydrogens (tertiary/aromatic N) is 1. The molecule has 0 aliphatic carbocycles. The van der Waals surface area contributed by atoms with Crippen LogP contribution in [0.5, 0.6) is 5.75 Å². The zero-order chi connectivity index (χ0) is 23.8. The van der Waals surface area contributed by atoms with Crippen molar-refractivity contribution < 1.29 is 19.1 Å². The average Bonchev–Trinajstić information content (AvgIpc) is 2.78. The number of hydrogen-bond donors (Lipinski definition) is 2. The minimum atomic E-state index is -0.645. The van der Waals surface area contributed by atoms with Gasteiger partial charge in [-0.2, -0.15) is 5.10 Å². The molecule has 0 aliphatic heterocycles. The SMILES string of the molecule is O=C(CNC(=O)c1ccccc1Cl)N/N=C/c1cccc(OC(=O)c2ccc(Cl)cc2Cl)c1. The maximum Gasteiger partial charge on any atom is 0.345 e. The summed E-state index contributed by atoms with van der Waals surface area (Å²) in [5, 5.41) is 7.15. The van der Waals surface area contributed by atoms with Gasteiger partial charge in [0, 0.05) is 5.02 Å². The molecule has 0 radical (unpaired) electrons. The van der Waals surface area contributed by atoms with Crippen LogP contribution in [0.2, 0.25) is 15.1 Å². The molecular weight excluding hydrogens is 489 g/mol. The Morgan fingerprint density at radius 3 is 2.42 bits per heavy atom. The van der Waals surface area contributed by atoms with Crippen molar-refractivity contribution in [3.8, 4) is 5.75 Å². The molecule has 0 unspecified atom stereocenters. The molecule has 0 fully saturated rings. The summed E-state index contributed by atoms with van der Waals surface area (Å²) in [5.41, 5.74) is 3.29. The lowest BCUT2D eigenvalue weighted by atomic mass is 10.2.